The molecule has 0 aromatic heterocycles. The number of hydrogen-bond acceptors (Lipinski definition) is 2. The average Bonchev–Trinajstić information content (AvgIpc) is 2.56. The van der Waals surface area contributed by atoms with Crippen LogP contribution in [-0.4, -0.2) is 19.1 Å². The summed E-state index contributed by atoms with van der Waals surface area (Å²) in [6.07, 6.45) is 2.85. The minimum atomic E-state index is -0.244. The fourth-order valence-corrected chi connectivity index (χ4v) is 2.72. The number of nitrogens with one attached hydrogen (secondary N) is 2. The molecule has 0 atom stereocenters. The predicted molar refractivity (Wildman–Crippen MR) is 95.0 cm³/mol. The zero-order valence-corrected chi connectivity index (χ0v) is 13.4. The molecular weight excluding hydrogens is 310 g/mol. The number of hydrogen-bond donors (Lipinski definition) is 2. The maximum Gasteiger partial charge on any atom is 0.323 e. The number of carbonyl (C=O) groups is 1. The number of anilines is 2. The van der Waals surface area contributed by atoms with Crippen molar-refractivity contribution in [2.75, 3.05) is 23.3 Å². The van der Waals surface area contributed by atoms with Crippen LogP contribution in [0.2, 0.25) is 5.02 Å². The Balaban J connectivity index is 1.55. The van der Waals surface area contributed by atoms with Crippen LogP contribution >= 0.6 is 11.6 Å². The molecule has 1 aliphatic heterocycles. The number of carbonyl (C=O) groups excluding carboxylic acids is 1. The Bertz CT molecular complexity index is 715. The van der Waals surface area contributed by atoms with E-state index in [1.807, 2.05) is 24.3 Å². The average molecular weight is 328 g/mol. The molecule has 0 spiro atoms. The Morgan fingerprint density at radius 3 is 2.57 bits per heavy atom. The first kappa shape index (κ1) is 15.4. The minimum absolute atomic E-state index is 0.244. The molecule has 118 valence electrons. The van der Waals surface area contributed by atoms with E-state index < -0.39 is 0 Å². The first-order chi connectivity index (χ1) is 11.2. The number of para-hydroxylation sites is 1. The van der Waals surface area contributed by atoms with Crippen LogP contribution in [-0.2, 0) is 0 Å². The van der Waals surface area contributed by atoms with Crippen molar-refractivity contribution in [3.63, 3.8) is 0 Å². The Kier molecular flexibility index (Phi) is 4.83. The maximum atomic E-state index is 12.0. The van der Waals surface area contributed by atoms with E-state index in [2.05, 4.69) is 27.7 Å². The fourth-order valence-electron chi connectivity index (χ4n) is 2.53. The lowest BCUT2D eigenvalue weighted by molar-refractivity contribution is 0.254. The SMILES string of the molecule is O=C(NC1=CCN(c2ccccc2)CC1)Nc1cccc(Cl)c1. The first-order valence-corrected chi connectivity index (χ1v) is 7.91. The standard InChI is InChI=1S/C18H18ClN3O/c19-14-5-4-6-16(13-14)21-18(23)20-15-9-11-22(12-10-15)17-7-2-1-3-8-17/h1-9,13H,10-12H2,(H2,20,21,23). The molecule has 2 aromatic carbocycles. The van der Waals surface area contributed by atoms with Crippen LogP contribution in [0.25, 0.3) is 0 Å². The van der Waals surface area contributed by atoms with Crippen molar-refractivity contribution in [1.29, 1.82) is 0 Å². The van der Waals surface area contributed by atoms with Gasteiger partial charge in [0.1, 0.15) is 0 Å². The van der Waals surface area contributed by atoms with E-state index in [1.54, 1.807) is 24.3 Å². The van der Waals surface area contributed by atoms with Crippen molar-refractivity contribution in [2.24, 2.45) is 0 Å². The summed E-state index contributed by atoms with van der Waals surface area (Å²) in [5, 5.41) is 6.28. The van der Waals surface area contributed by atoms with Gasteiger partial charge in [-0.3, -0.25) is 0 Å². The molecule has 5 heteroatoms. The van der Waals surface area contributed by atoms with Gasteiger partial charge in [0.15, 0.2) is 0 Å². The molecule has 2 aromatic rings. The van der Waals surface area contributed by atoms with E-state index in [9.17, 15) is 4.79 Å². The molecule has 2 N–H and O–H groups in total. The van der Waals surface area contributed by atoms with E-state index in [1.165, 1.54) is 5.69 Å². The van der Waals surface area contributed by atoms with Gasteiger partial charge >= 0.3 is 6.03 Å². The van der Waals surface area contributed by atoms with Gasteiger partial charge in [-0.05, 0) is 36.4 Å². The Hall–Kier alpha value is -2.46. The van der Waals surface area contributed by atoms with Crippen molar-refractivity contribution in [2.45, 2.75) is 6.42 Å². The fraction of sp³-hybridized carbons (Fsp3) is 0.167. The van der Waals surface area contributed by atoms with E-state index >= 15 is 0 Å². The van der Waals surface area contributed by atoms with Gasteiger partial charge in [0, 0.05) is 41.6 Å². The van der Waals surface area contributed by atoms with Gasteiger partial charge in [-0.15, -0.1) is 0 Å². The van der Waals surface area contributed by atoms with Gasteiger partial charge in [-0.2, -0.15) is 0 Å². The molecule has 0 saturated carbocycles. The van der Waals surface area contributed by atoms with Crippen LogP contribution in [0.3, 0.4) is 0 Å². The highest BCUT2D eigenvalue weighted by Gasteiger charge is 2.13. The second kappa shape index (κ2) is 7.20. The lowest BCUT2D eigenvalue weighted by Gasteiger charge is -2.28. The monoisotopic (exact) mass is 327 g/mol. The Labute approximate surface area is 140 Å². The molecule has 1 heterocycles. The summed E-state index contributed by atoms with van der Waals surface area (Å²) in [5.74, 6) is 0. The second-order valence-electron chi connectivity index (χ2n) is 5.35. The van der Waals surface area contributed by atoms with E-state index in [-0.39, 0.29) is 6.03 Å². The maximum absolute atomic E-state index is 12.0. The van der Waals surface area contributed by atoms with Crippen molar-refractivity contribution < 1.29 is 4.79 Å². The number of benzene rings is 2. The molecule has 4 nitrogen and oxygen atoms in total. The van der Waals surface area contributed by atoms with E-state index in [0.29, 0.717) is 10.7 Å². The highest BCUT2D eigenvalue weighted by molar-refractivity contribution is 6.30. The summed E-state index contributed by atoms with van der Waals surface area (Å²) in [5.41, 5.74) is 2.82. The van der Waals surface area contributed by atoms with Crippen LogP contribution in [0.5, 0.6) is 0 Å². The van der Waals surface area contributed by atoms with Gasteiger partial charge in [-0.25, -0.2) is 4.79 Å². The van der Waals surface area contributed by atoms with Crippen LogP contribution in [0.1, 0.15) is 6.42 Å². The molecule has 0 unspecified atom stereocenters. The van der Waals surface area contributed by atoms with Gasteiger partial charge in [0.25, 0.3) is 0 Å². The Morgan fingerprint density at radius 2 is 1.87 bits per heavy atom. The van der Waals surface area contributed by atoms with Crippen LogP contribution < -0.4 is 15.5 Å². The summed E-state index contributed by atoms with van der Waals surface area (Å²) < 4.78 is 0. The largest absolute Gasteiger partial charge is 0.367 e. The van der Waals surface area contributed by atoms with E-state index in [0.717, 1.165) is 25.2 Å². The summed E-state index contributed by atoms with van der Waals surface area (Å²) in [6, 6.07) is 17.1. The van der Waals surface area contributed by atoms with Crippen LogP contribution in [0.15, 0.2) is 66.4 Å². The molecule has 2 amide bonds. The van der Waals surface area contributed by atoms with Gasteiger partial charge in [0.05, 0.1) is 0 Å². The topological polar surface area (TPSA) is 44.4 Å². The summed E-state index contributed by atoms with van der Waals surface area (Å²) in [6.45, 7) is 1.67. The lowest BCUT2D eigenvalue weighted by atomic mass is 10.1. The molecule has 0 saturated heterocycles. The summed E-state index contributed by atoms with van der Waals surface area (Å²) >= 11 is 5.91. The zero-order chi connectivity index (χ0) is 16.1. The molecular formula is C18H18ClN3O. The first-order valence-electron chi connectivity index (χ1n) is 7.53. The van der Waals surface area contributed by atoms with Gasteiger partial charge in [0.2, 0.25) is 0 Å². The number of amides is 2. The molecule has 23 heavy (non-hydrogen) atoms. The molecule has 0 bridgehead atoms. The third kappa shape index (κ3) is 4.27. The number of halogens is 1. The summed E-state index contributed by atoms with van der Waals surface area (Å²) in [7, 11) is 0. The highest BCUT2D eigenvalue weighted by Crippen LogP contribution is 2.18. The molecule has 0 fully saturated rings. The molecule has 1 aliphatic rings. The van der Waals surface area contributed by atoms with Crippen molar-refractivity contribution in [3.05, 3.63) is 71.4 Å². The third-order valence-electron chi connectivity index (χ3n) is 3.69. The molecule has 3 rings (SSSR count). The molecule has 0 radical (unpaired) electrons. The van der Waals surface area contributed by atoms with E-state index in [4.69, 9.17) is 11.6 Å². The highest BCUT2D eigenvalue weighted by atomic mass is 35.5. The smallest absolute Gasteiger partial charge is 0.323 e. The predicted octanol–water partition coefficient (Wildman–Crippen LogP) is 4.26. The zero-order valence-electron chi connectivity index (χ0n) is 12.6. The van der Waals surface area contributed by atoms with Gasteiger partial charge in [-0.1, -0.05) is 35.9 Å². The number of urea groups is 1. The Morgan fingerprint density at radius 1 is 1.04 bits per heavy atom. The second-order valence-corrected chi connectivity index (χ2v) is 5.79. The van der Waals surface area contributed by atoms with Crippen molar-refractivity contribution in [1.82, 2.24) is 5.32 Å². The quantitative estimate of drug-likeness (QED) is 0.885. The third-order valence-corrected chi connectivity index (χ3v) is 3.92. The normalized spacial score (nSPS) is 14.1. The number of nitrogens with zero attached hydrogens (tertiary/aromatic N) is 1. The lowest BCUT2D eigenvalue weighted by Crippen LogP contribution is -2.35. The minimum Gasteiger partial charge on any atom is -0.367 e. The van der Waals surface area contributed by atoms with Crippen LogP contribution in [0.4, 0.5) is 16.2 Å². The van der Waals surface area contributed by atoms with Crippen molar-refractivity contribution in [3.8, 4) is 0 Å². The van der Waals surface area contributed by atoms with Crippen molar-refractivity contribution >= 4 is 29.0 Å². The van der Waals surface area contributed by atoms with Crippen LogP contribution in [0, 0.1) is 0 Å². The molecule has 0 aliphatic carbocycles. The summed E-state index contributed by atoms with van der Waals surface area (Å²) in [4.78, 5) is 14.3. The number of rotatable bonds is 3. The van der Waals surface area contributed by atoms with Gasteiger partial charge < -0.3 is 15.5 Å².